The summed E-state index contributed by atoms with van der Waals surface area (Å²) in [4.78, 5) is 0.236. The fourth-order valence-corrected chi connectivity index (χ4v) is 3.93. The highest BCUT2D eigenvalue weighted by Gasteiger charge is 2.15. The molecule has 0 radical (unpaired) electrons. The summed E-state index contributed by atoms with van der Waals surface area (Å²) in [5, 5.41) is 7.73. The topological polar surface area (TPSA) is 84.0 Å². The molecule has 0 saturated heterocycles. The molecule has 0 aliphatic carbocycles. The molecule has 6 heteroatoms. The molecule has 0 unspecified atom stereocenters. The van der Waals surface area contributed by atoms with E-state index in [9.17, 15) is 8.42 Å². The summed E-state index contributed by atoms with van der Waals surface area (Å²) in [7, 11) is -3.29. The maximum absolute atomic E-state index is 12.1. The molecular weight excluding hydrogens is 268 g/mol. The van der Waals surface area contributed by atoms with Crippen molar-refractivity contribution in [3.05, 3.63) is 29.8 Å². The van der Waals surface area contributed by atoms with Crippen molar-refractivity contribution < 1.29 is 8.42 Å². The lowest BCUT2D eigenvalue weighted by molar-refractivity contribution is 0.597. The third-order valence-corrected chi connectivity index (χ3v) is 5.39. The molecule has 0 fully saturated rings. The first-order valence-electron chi connectivity index (χ1n) is 5.62. The maximum Gasteiger partial charge on any atom is 0.179 e. The molecule has 4 nitrogen and oxygen atoms in total. The Morgan fingerprint density at radius 1 is 1.44 bits per heavy atom. The van der Waals surface area contributed by atoms with Crippen LogP contribution in [-0.4, -0.2) is 31.0 Å². The van der Waals surface area contributed by atoms with E-state index in [-0.39, 0.29) is 16.5 Å². The lowest BCUT2D eigenvalue weighted by Crippen LogP contribution is -2.14. The van der Waals surface area contributed by atoms with Crippen molar-refractivity contribution in [3.63, 3.8) is 0 Å². The van der Waals surface area contributed by atoms with Crippen LogP contribution in [0, 0.1) is 5.41 Å². The van der Waals surface area contributed by atoms with Crippen LogP contribution in [0.15, 0.2) is 29.2 Å². The van der Waals surface area contributed by atoms with Crippen molar-refractivity contribution in [1.82, 2.24) is 0 Å². The van der Waals surface area contributed by atoms with E-state index < -0.39 is 9.84 Å². The number of benzene rings is 1. The second-order valence-corrected chi connectivity index (χ2v) is 7.97. The number of rotatable bonds is 6. The number of nitrogens with one attached hydrogen (secondary N) is 1. The van der Waals surface area contributed by atoms with Gasteiger partial charge in [-0.25, -0.2) is 8.42 Å². The Labute approximate surface area is 112 Å². The van der Waals surface area contributed by atoms with Crippen LogP contribution in [0.2, 0.25) is 0 Å². The van der Waals surface area contributed by atoms with Crippen molar-refractivity contribution >= 4 is 27.4 Å². The number of nitrogens with two attached hydrogens (primary N) is 1. The van der Waals surface area contributed by atoms with Crippen LogP contribution in [0.25, 0.3) is 0 Å². The molecular formula is C12H18N2O2S2. The van der Waals surface area contributed by atoms with Gasteiger partial charge in [-0.15, -0.1) is 0 Å². The minimum atomic E-state index is -3.29. The zero-order chi connectivity index (χ0) is 13.8. The second-order valence-electron chi connectivity index (χ2n) is 4.18. The Morgan fingerprint density at radius 3 is 2.67 bits per heavy atom. The summed E-state index contributed by atoms with van der Waals surface area (Å²) >= 11 is 1.62. The van der Waals surface area contributed by atoms with E-state index in [1.807, 2.05) is 13.8 Å². The molecule has 0 bridgehead atoms. The molecule has 1 rings (SSSR count). The van der Waals surface area contributed by atoms with Crippen LogP contribution in [0.1, 0.15) is 19.4 Å². The molecule has 3 N–H and O–H groups in total. The van der Waals surface area contributed by atoms with Gasteiger partial charge in [0.05, 0.1) is 10.6 Å². The van der Waals surface area contributed by atoms with Gasteiger partial charge >= 0.3 is 0 Å². The number of thioether (sulfide) groups is 1. The maximum atomic E-state index is 12.1. The van der Waals surface area contributed by atoms with Gasteiger partial charge in [0.15, 0.2) is 9.84 Å². The highest BCUT2D eigenvalue weighted by molar-refractivity contribution is 8.01. The highest BCUT2D eigenvalue weighted by Crippen LogP contribution is 2.16. The average molecular weight is 286 g/mol. The quantitative estimate of drug-likeness (QED) is 0.618. The molecule has 0 saturated carbocycles. The van der Waals surface area contributed by atoms with Crippen LogP contribution < -0.4 is 5.73 Å². The number of nitrogen functional groups attached to an aromatic ring is 1. The van der Waals surface area contributed by atoms with Crippen LogP contribution in [-0.2, 0) is 9.84 Å². The first kappa shape index (κ1) is 15.0. The number of amidine groups is 1. The molecule has 0 heterocycles. The van der Waals surface area contributed by atoms with Crippen molar-refractivity contribution in [2.75, 3.05) is 11.5 Å². The van der Waals surface area contributed by atoms with Crippen molar-refractivity contribution in [2.45, 2.75) is 24.0 Å². The lowest BCUT2D eigenvalue weighted by atomic mass is 10.2. The number of sulfone groups is 1. The highest BCUT2D eigenvalue weighted by atomic mass is 32.2. The fourth-order valence-electron chi connectivity index (χ4n) is 1.37. The lowest BCUT2D eigenvalue weighted by Gasteiger charge is -2.07. The monoisotopic (exact) mass is 286 g/mol. The van der Waals surface area contributed by atoms with E-state index >= 15 is 0 Å². The van der Waals surface area contributed by atoms with E-state index in [0.29, 0.717) is 16.6 Å². The predicted octanol–water partition coefficient (Wildman–Crippen LogP) is 1.89. The van der Waals surface area contributed by atoms with Gasteiger partial charge < -0.3 is 5.73 Å². The molecule has 18 heavy (non-hydrogen) atoms. The van der Waals surface area contributed by atoms with Crippen molar-refractivity contribution in [1.29, 1.82) is 5.41 Å². The van der Waals surface area contributed by atoms with Gasteiger partial charge in [0.2, 0.25) is 0 Å². The summed E-state index contributed by atoms with van der Waals surface area (Å²) in [6, 6.07) is 6.24. The van der Waals surface area contributed by atoms with Gasteiger partial charge in [-0.2, -0.15) is 11.8 Å². The molecule has 0 amide bonds. The average Bonchev–Trinajstić information content (AvgIpc) is 2.28. The van der Waals surface area contributed by atoms with Gasteiger partial charge in [-0.1, -0.05) is 26.0 Å². The van der Waals surface area contributed by atoms with E-state index in [1.54, 1.807) is 30.0 Å². The van der Waals surface area contributed by atoms with E-state index in [2.05, 4.69) is 0 Å². The van der Waals surface area contributed by atoms with E-state index in [1.165, 1.54) is 6.07 Å². The molecule has 0 aliphatic rings. The molecule has 100 valence electrons. The third-order valence-electron chi connectivity index (χ3n) is 2.31. The summed E-state index contributed by atoms with van der Waals surface area (Å²) in [6.07, 6.45) is 0. The summed E-state index contributed by atoms with van der Waals surface area (Å²) in [6.45, 7) is 4.07. The Kier molecular flexibility index (Phi) is 5.22. The smallest absolute Gasteiger partial charge is 0.179 e. The van der Waals surface area contributed by atoms with Crippen LogP contribution >= 0.6 is 11.8 Å². The number of hydrogen-bond donors (Lipinski definition) is 2. The largest absolute Gasteiger partial charge is 0.384 e. The zero-order valence-corrected chi connectivity index (χ0v) is 12.1. The fraction of sp³-hybridized carbons (Fsp3) is 0.417. The normalized spacial score (nSPS) is 11.7. The van der Waals surface area contributed by atoms with Crippen LogP contribution in [0.4, 0.5) is 0 Å². The van der Waals surface area contributed by atoms with Gasteiger partial charge in [0, 0.05) is 11.3 Å². The Bertz CT molecular complexity index is 525. The van der Waals surface area contributed by atoms with Crippen LogP contribution in [0.5, 0.6) is 0 Å². The second kappa shape index (κ2) is 6.24. The third kappa shape index (κ3) is 4.34. The van der Waals surface area contributed by atoms with E-state index in [4.69, 9.17) is 11.1 Å². The first-order valence-corrected chi connectivity index (χ1v) is 8.32. The standard InChI is InChI=1S/C12H18N2O2S2/c1-9(2)17-6-7-18(15,16)11-5-3-4-10(8-11)12(13)14/h3-5,8-9H,6-7H2,1-2H3,(H3,13,14). The van der Waals surface area contributed by atoms with Gasteiger partial charge in [-0.05, 0) is 17.4 Å². The van der Waals surface area contributed by atoms with Crippen molar-refractivity contribution in [2.24, 2.45) is 5.73 Å². The SMILES string of the molecule is CC(C)SCCS(=O)(=O)c1cccc(C(=N)N)c1. The Morgan fingerprint density at radius 2 is 2.11 bits per heavy atom. The molecule has 1 aromatic rings. The van der Waals surface area contributed by atoms with Crippen molar-refractivity contribution in [3.8, 4) is 0 Å². The minimum absolute atomic E-state index is 0.108. The molecule has 0 atom stereocenters. The predicted molar refractivity (Wildman–Crippen MR) is 77.1 cm³/mol. The Hall–Kier alpha value is -1.01. The summed E-state index contributed by atoms with van der Waals surface area (Å²) in [5.74, 6) is 0.560. The van der Waals surface area contributed by atoms with Crippen LogP contribution in [0.3, 0.4) is 0 Å². The summed E-state index contributed by atoms with van der Waals surface area (Å²) < 4.78 is 24.1. The molecule has 0 spiro atoms. The van der Waals surface area contributed by atoms with Gasteiger partial charge in [0.25, 0.3) is 0 Å². The Balaban J connectivity index is 2.85. The molecule has 1 aromatic carbocycles. The zero-order valence-electron chi connectivity index (χ0n) is 10.5. The first-order chi connectivity index (χ1) is 8.33. The molecule has 0 aromatic heterocycles. The van der Waals surface area contributed by atoms with Gasteiger partial charge in [0.1, 0.15) is 5.84 Å². The summed E-state index contributed by atoms with van der Waals surface area (Å²) in [5.41, 5.74) is 5.79. The minimum Gasteiger partial charge on any atom is -0.384 e. The van der Waals surface area contributed by atoms with E-state index in [0.717, 1.165) is 0 Å². The molecule has 0 aliphatic heterocycles. The number of hydrogen-bond acceptors (Lipinski definition) is 4. The van der Waals surface area contributed by atoms with Gasteiger partial charge in [-0.3, -0.25) is 5.41 Å².